The fourth-order valence-corrected chi connectivity index (χ4v) is 3.28. The number of anilines is 2. The van der Waals surface area contributed by atoms with Crippen LogP contribution in [0.3, 0.4) is 0 Å². The van der Waals surface area contributed by atoms with Gasteiger partial charge < -0.3 is 11.1 Å². The molecule has 0 aliphatic carbocycles. The summed E-state index contributed by atoms with van der Waals surface area (Å²) < 4.78 is 40.7. The fourth-order valence-electron chi connectivity index (χ4n) is 3.28. The van der Waals surface area contributed by atoms with Gasteiger partial charge in [-0.05, 0) is 55.3 Å². The molecule has 1 amide bonds. The number of fused-ring (bicyclic) bond motifs is 1. The average molecular weight is 471 g/mol. The summed E-state index contributed by atoms with van der Waals surface area (Å²) in [5.74, 6) is -0.216. The number of nitrogen functional groups attached to an aromatic ring is 1. The predicted molar refractivity (Wildman–Crippen MR) is 124 cm³/mol. The molecule has 0 bridgehead atoms. The highest BCUT2D eigenvalue weighted by atomic mass is 19.4. The molecule has 0 saturated heterocycles. The van der Waals surface area contributed by atoms with Gasteiger partial charge in [-0.3, -0.25) is 9.48 Å². The molecule has 3 heterocycles. The van der Waals surface area contributed by atoms with Crippen molar-refractivity contribution in [3.63, 3.8) is 0 Å². The number of hydrogen-bond donors (Lipinski definition) is 2. The lowest BCUT2D eigenvalue weighted by Crippen LogP contribution is -2.16. The smallest absolute Gasteiger partial charge is 0.382 e. The van der Waals surface area contributed by atoms with Crippen molar-refractivity contribution in [3.05, 3.63) is 59.0 Å². The minimum atomic E-state index is -4.60. The Bertz CT molecular complexity index is 1360. The molecule has 0 radical (unpaired) electrons. The summed E-state index contributed by atoms with van der Waals surface area (Å²) >= 11 is 0. The Morgan fingerprint density at radius 1 is 1.00 bits per heavy atom. The minimum Gasteiger partial charge on any atom is -0.382 e. The van der Waals surface area contributed by atoms with E-state index in [1.807, 2.05) is 13.8 Å². The number of benzene rings is 1. The molecule has 4 aromatic rings. The van der Waals surface area contributed by atoms with Gasteiger partial charge in [0.05, 0.1) is 5.52 Å². The third-order valence-corrected chi connectivity index (χ3v) is 4.95. The van der Waals surface area contributed by atoms with Crippen molar-refractivity contribution in [1.82, 2.24) is 24.7 Å². The molecular weight excluding hydrogens is 447 g/mol. The van der Waals surface area contributed by atoms with Crippen LogP contribution in [-0.2, 0) is 13.2 Å². The second-order valence-corrected chi connectivity index (χ2v) is 7.28. The molecule has 0 fully saturated rings. The summed E-state index contributed by atoms with van der Waals surface area (Å²) in [6.07, 6.45) is -3.07. The van der Waals surface area contributed by atoms with Crippen LogP contribution >= 0.6 is 0 Å². The van der Waals surface area contributed by atoms with Crippen molar-refractivity contribution in [2.75, 3.05) is 11.1 Å². The van der Waals surface area contributed by atoms with E-state index in [9.17, 15) is 18.0 Å². The Hall–Kier alpha value is -4.02. The summed E-state index contributed by atoms with van der Waals surface area (Å²) in [4.78, 5) is 24.6. The molecule has 0 spiro atoms. The van der Waals surface area contributed by atoms with Crippen molar-refractivity contribution < 1.29 is 18.0 Å². The normalized spacial score (nSPS) is 11.2. The van der Waals surface area contributed by atoms with Crippen molar-refractivity contribution in [2.45, 2.75) is 33.9 Å². The van der Waals surface area contributed by atoms with Gasteiger partial charge in [-0.25, -0.2) is 15.0 Å². The van der Waals surface area contributed by atoms with Gasteiger partial charge in [-0.1, -0.05) is 13.8 Å². The Balaban J connectivity index is 0.00000158. The van der Waals surface area contributed by atoms with Gasteiger partial charge in [0.1, 0.15) is 16.9 Å². The Kier molecular flexibility index (Phi) is 6.85. The van der Waals surface area contributed by atoms with Gasteiger partial charge in [0.2, 0.25) is 0 Å². The van der Waals surface area contributed by atoms with Crippen LogP contribution in [0, 0.1) is 13.8 Å². The quantitative estimate of drug-likeness (QED) is 0.439. The first kappa shape index (κ1) is 24.6. The number of alkyl halides is 3. The maximum absolute atomic E-state index is 13.1. The van der Waals surface area contributed by atoms with Crippen LogP contribution in [0.4, 0.5) is 24.7 Å². The van der Waals surface area contributed by atoms with Gasteiger partial charge in [-0.15, -0.1) is 0 Å². The highest BCUT2D eigenvalue weighted by Crippen LogP contribution is 2.32. The summed E-state index contributed by atoms with van der Waals surface area (Å²) in [6, 6.07) is 7.68. The number of carbonyl (C=O) groups is 1. The number of nitrogens with zero attached hydrogens (tertiary/aromatic N) is 5. The molecule has 3 aromatic heterocycles. The van der Waals surface area contributed by atoms with E-state index in [0.717, 1.165) is 11.6 Å². The second kappa shape index (κ2) is 9.46. The predicted octanol–water partition coefficient (Wildman–Crippen LogP) is 4.92. The number of nitrogens with one attached hydrogen (secondary N) is 1. The number of nitrogens with two attached hydrogens (primary N) is 1. The van der Waals surface area contributed by atoms with E-state index in [1.165, 1.54) is 17.8 Å². The van der Waals surface area contributed by atoms with E-state index < -0.39 is 11.9 Å². The lowest BCUT2D eigenvalue weighted by Gasteiger charge is -2.13. The molecule has 0 saturated carbocycles. The molecule has 178 valence electrons. The van der Waals surface area contributed by atoms with Crippen LogP contribution in [-0.4, -0.2) is 30.6 Å². The molecular formula is C23H24F3N7O. The Morgan fingerprint density at radius 2 is 1.71 bits per heavy atom. The zero-order valence-electron chi connectivity index (χ0n) is 19.3. The number of halogens is 3. The van der Waals surface area contributed by atoms with Crippen molar-refractivity contribution in [1.29, 1.82) is 0 Å². The summed E-state index contributed by atoms with van der Waals surface area (Å²) in [5, 5.41) is 6.80. The maximum atomic E-state index is 13.1. The van der Waals surface area contributed by atoms with Crippen LogP contribution in [0.5, 0.6) is 0 Å². The lowest BCUT2D eigenvalue weighted by atomic mass is 10.1. The van der Waals surface area contributed by atoms with E-state index in [2.05, 4.69) is 25.4 Å². The third kappa shape index (κ3) is 4.82. The SMILES string of the molecule is CC.Cc1cc(-c2nc(N)c3nc(C(F)(F)F)cc(C)c3n2)ccc1NC(=O)c1ccnn1C. The van der Waals surface area contributed by atoms with E-state index in [1.54, 1.807) is 38.2 Å². The molecule has 3 N–H and O–H groups in total. The monoisotopic (exact) mass is 471 g/mol. The highest BCUT2D eigenvalue weighted by Gasteiger charge is 2.33. The Labute approximate surface area is 194 Å². The van der Waals surface area contributed by atoms with Crippen molar-refractivity contribution in [2.24, 2.45) is 7.05 Å². The number of pyridine rings is 1. The number of hydrogen-bond acceptors (Lipinski definition) is 6. The molecule has 0 aliphatic heterocycles. The van der Waals surface area contributed by atoms with Gasteiger partial charge in [0.15, 0.2) is 11.6 Å². The summed E-state index contributed by atoms with van der Waals surface area (Å²) in [5.41, 5.74) is 7.63. The molecule has 0 aliphatic rings. The zero-order chi connectivity index (χ0) is 25.2. The first-order valence-electron chi connectivity index (χ1n) is 10.5. The number of carbonyl (C=O) groups excluding carboxylic acids is 1. The number of aryl methyl sites for hydroxylation is 3. The topological polar surface area (TPSA) is 112 Å². The molecule has 1 aromatic carbocycles. The first-order chi connectivity index (χ1) is 16.0. The largest absolute Gasteiger partial charge is 0.433 e. The molecule has 34 heavy (non-hydrogen) atoms. The average Bonchev–Trinajstić information content (AvgIpc) is 3.22. The summed E-state index contributed by atoms with van der Waals surface area (Å²) in [6.45, 7) is 7.31. The van der Waals surface area contributed by atoms with Crippen LogP contribution < -0.4 is 11.1 Å². The molecule has 8 nitrogen and oxygen atoms in total. The number of rotatable bonds is 3. The third-order valence-electron chi connectivity index (χ3n) is 4.95. The molecule has 4 rings (SSSR count). The molecule has 11 heteroatoms. The first-order valence-corrected chi connectivity index (χ1v) is 10.5. The van der Waals surface area contributed by atoms with Crippen LogP contribution in [0.2, 0.25) is 0 Å². The standard InChI is InChI=1S/C21H18F3N7O.C2H6/c1-10-8-12(4-5-13(10)27-20(32)14-6-7-26-31(14)3)19-29-16-11(2)9-15(21(22,23)24)28-17(16)18(25)30-19;1-2/h4-9H,1-3H3,(H,27,32)(H2,25,29,30);1-2H3. The maximum Gasteiger partial charge on any atom is 0.433 e. The Morgan fingerprint density at radius 3 is 2.29 bits per heavy atom. The summed E-state index contributed by atoms with van der Waals surface area (Å²) in [7, 11) is 1.67. The minimum absolute atomic E-state index is 0.0992. The fraction of sp³-hybridized carbons (Fsp3) is 0.261. The zero-order valence-corrected chi connectivity index (χ0v) is 19.3. The van der Waals surface area contributed by atoms with Crippen molar-refractivity contribution >= 4 is 28.4 Å². The van der Waals surface area contributed by atoms with Crippen molar-refractivity contribution in [3.8, 4) is 11.4 Å². The van der Waals surface area contributed by atoms with Gasteiger partial charge in [0.25, 0.3) is 5.91 Å². The lowest BCUT2D eigenvalue weighted by molar-refractivity contribution is -0.141. The number of aromatic nitrogens is 5. The molecule has 0 atom stereocenters. The highest BCUT2D eigenvalue weighted by molar-refractivity contribution is 6.03. The van der Waals surface area contributed by atoms with E-state index in [0.29, 0.717) is 16.9 Å². The number of amides is 1. The van der Waals surface area contributed by atoms with Gasteiger partial charge >= 0.3 is 6.18 Å². The van der Waals surface area contributed by atoms with E-state index >= 15 is 0 Å². The van der Waals surface area contributed by atoms with E-state index in [-0.39, 0.29) is 34.1 Å². The molecule has 0 unspecified atom stereocenters. The second-order valence-electron chi connectivity index (χ2n) is 7.28. The van der Waals surface area contributed by atoms with Gasteiger partial charge in [0, 0.05) is 24.5 Å². The van der Waals surface area contributed by atoms with Gasteiger partial charge in [-0.2, -0.15) is 18.3 Å². The van der Waals surface area contributed by atoms with Crippen LogP contribution in [0.25, 0.3) is 22.4 Å². The van der Waals surface area contributed by atoms with E-state index in [4.69, 9.17) is 5.73 Å². The van der Waals surface area contributed by atoms with Crippen LogP contribution in [0.15, 0.2) is 36.5 Å². The van der Waals surface area contributed by atoms with Crippen LogP contribution in [0.1, 0.15) is 41.2 Å².